The lowest BCUT2D eigenvalue weighted by Gasteiger charge is -2.11. The maximum atomic E-state index is 13.7. The molecule has 1 aromatic heterocycles. The summed E-state index contributed by atoms with van der Waals surface area (Å²) in [6.07, 6.45) is -4.14. The van der Waals surface area contributed by atoms with Crippen LogP contribution in [0.25, 0.3) is 5.69 Å². The van der Waals surface area contributed by atoms with E-state index in [0.717, 1.165) is 12.1 Å². The van der Waals surface area contributed by atoms with Crippen molar-refractivity contribution in [3.8, 4) is 5.69 Å². The van der Waals surface area contributed by atoms with Gasteiger partial charge < -0.3 is 0 Å². The number of hydrogen-bond donors (Lipinski definition) is 1. The number of aromatic nitrogens is 3. The minimum Gasteiger partial charge on any atom is -0.269 e. The molecule has 2 aromatic rings. The van der Waals surface area contributed by atoms with Crippen LogP contribution in [-0.2, 0) is 12.6 Å². The van der Waals surface area contributed by atoms with Crippen molar-refractivity contribution in [2.45, 2.75) is 19.5 Å². The fourth-order valence-electron chi connectivity index (χ4n) is 1.68. The summed E-state index contributed by atoms with van der Waals surface area (Å²) in [7, 11) is 0. The molecule has 0 amide bonds. The second-order valence-electron chi connectivity index (χ2n) is 3.80. The molecule has 0 unspecified atom stereocenters. The van der Waals surface area contributed by atoms with Gasteiger partial charge in [-0.1, -0.05) is 6.92 Å². The Labute approximate surface area is 110 Å². The van der Waals surface area contributed by atoms with Crippen LogP contribution >= 0.6 is 12.2 Å². The molecule has 0 radical (unpaired) electrons. The minimum absolute atomic E-state index is 0.0510. The number of aromatic amines is 1. The van der Waals surface area contributed by atoms with Crippen molar-refractivity contribution in [1.82, 2.24) is 14.8 Å². The molecule has 0 saturated carbocycles. The summed E-state index contributed by atoms with van der Waals surface area (Å²) >= 11 is 4.91. The van der Waals surface area contributed by atoms with Gasteiger partial charge in [0.2, 0.25) is 0 Å². The number of rotatable bonds is 2. The first kappa shape index (κ1) is 13.7. The molecule has 2 rings (SSSR count). The van der Waals surface area contributed by atoms with Crippen LogP contribution in [-0.4, -0.2) is 14.8 Å². The van der Waals surface area contributed by atoms with Gasteiger partial charge in [0.15, 0.2) is 4.77 Å². The van der Waals surface area contributed by atoms with Gasteiger partial charge in [0.1, 0.15) is 11.6 Å². The highest BCUT2D eigenvalue weighted by atomic mass is 32.1. The van der Waals surface area contributed by atoms with Gasteiger partial charge in [-0.05, 0) is 30.4 Å². The zero-order chi connectivity index (χ0) is 14.2. The molecule has 1 heterocycles. The molecule has 0 aliphatic heterocycles. The highest BCUT2D eigenvalue weighted by molar-refractivity contribution is 7.71. The van der Waals surface area contributed by atoms with Crippen LogP contribution in [0.3, 0.4) is 0 Å². The standard InChI is InChI=1S/C11H9F4N3S/c1-2-9-16-17-10(19)18(9)8-5-6(11(13,14)15)3-4-7(8)12/h3-5H,2H2,1H3,(H,17,19). The maximum absolute atomic E-state index is 13.7. The molecule has 0 aliphatic carbocycles. The second-order valence-corrected chi connectivity index (χ2v) is 4.18. The number of alkyl halides is 3. The molecule has 8 heteroatoms. The van der Waals surface area contributed by atoms with E-state index in [4.69, 9.17) is 12.2 Å². The predicted octanol–water partition coefficient (Wildman–Crippen LogP) is 3.65. The number of aryl methyl sites for hydroxylation is 1. The van der Waals surface area contributed by atoms with E-state index in [0.29, 0.717) is 18.3 Å². The first-order valence-electron chi connectivity index (χ1n) is 5.38. The Morgan fingerprint density at radius 3 is 2.63 bits per heavy atom. The summed E-state index contributed by atoms with van der Waals surface area (Å²) in [5.41, 5.74) is -1.19. The summed E-state index contributed by atoms with van der Waals surface area (Å²) in [6, 6.07) is 2.18. The Hall–Kier alpha value is -1.70. The molecule has 1 N–H and O–H groups in total. The third-order valence-corrected chi connectivity index (χ3v) is 2.85. The SMILES string of the molecule is CCc1n[nH]c(=S)n1-c1cc(C(F)(F)F)ccc1F. The number of nitrogens with zero attached hydrogens (tertiary/aromatic N) is 2. The van der Waals surface area contributed by atoms with E-state index in [1.54, 1.807) is 6.92 Å². The van der Waals surface area contributed by atoms with Gasteiger partial charge in [-0.2, -0.15) is 18.3 Å². The molecule has 0 bridgehead atoms. The van der Waals surface area contributed by atoms with Gasteiger partial charge >= 0.3 is 6.18 Å². The van der Waals surface area contributed by atoms with Gasteiger partial charge in [0.05, 0.1) is 11.3 Å². The van der Waals surface area contributed by atoms with E-state index in [1.807, 2.05) is 0 Å². The lowest BCUT2D eigenvalue weighted by Crippen LogP contribution is -2.09. The average molecular weight is 291 g/mol. The molecular weight excluding hydrogens is 282 g/mol. The van der Waals surface area contributed by atoms with Crippen molar-refractivity contribution < 1.29 is 17.6 Å². The van der Waals surface area contributed by atoms with Gasteiger partial charge in [-0.25, -0.2) is 4.39 Å². The van der Waals surface area contributed by atoms with Crippen LogP contribution in [0.2, 0.25) is 0 Å². The highest BCUT2D eigenvalue weighted by Gasteiger charge is 2.31. The van der Waals surface area contributed by atoms with E-state index in [2.05, 4.69) is 10.2 Å². The molecule has 3 nitrogen and oxygen atoms in total. The predicted molar refractivity (Wildman–Crippen MR) is 63.1 cm³/mol. The van der Waals surface area contributed by atoms with Crippen molar-refractivity contribution in [3.05, 3.63) is 40.2 Å². The number of benzene rings is 1. The highest BCUT2D eigenvalue weighted by Crippen LogP contribution is 2.31. The third kappa shape index (κ3) is 2.53. The number of halogens is 4. The first-order valence-corrected chi connectivity index (χ1v) is 5.79. The van der Waals surface area contributed by atoms with E-state index < -0.39 is 17.6 Å². The van der Waals surface area contributed by atoms with E-state index in [9.17, 15) is 17.6 Å². The monoisotopic (exact) mass is 291 g/mol. The normalized spacial score (nSPS) is 11.8. The Kier molecular flexibility index (Phi) is 3.44. The second kappa shape index (κ2) is 4.76. The van der Waals surface area contributed by atoms with Crippen LogP contribution in [0.1, 0.15) is 18.3 Å². The maximum Gasteiger partial charge on any atom is 0.416 e. The molecule has 0 spiro atoms. The summed E-state index contributed by atoms with van der Waals surface area (Å²) in [5, 5.41) is 6.28. The van der Waals surface area contributed by atoms with E-state index in [-0.39, 0.29) is 10.5 Å². The summed E-state index contributed by atoms with van der Waals surface area (Å²) < 4.78 is 52.9. The van der Waals surface area contributed by atoms with Crippen molar-refractivity contribution in [2.24, 2.45) is 0 Å². The fourth-order valence-corrected chi connectivity index (χ4v) is 1.92. The molecule has 19 heavy (non-hydrogen) atoms. The number of hydrogen-bond acceptors (Lipinski definition) is 2. The minimum atomic E-state index is -4.54. The topological polar surface area (TPSA) is 33.6 Å². The molecule has 0 atom stereocenters. The van der Waals surface area contributed by atoms with Gasteiger partial charge in [0, 0.05) is 6.42 Å². The van der Waals surface area contributed by atoms with Gasteiger partial charge in [-0.15, -0.1) is 0 Å². The van der Waals surface area contributed by atoms with Crippen LogP contribution in [0, 0.1) is 10.6 Å². The Balaban J connectivity index is 2.68. The first-order chi connectivity index (χ1) is 8.84. The lowest BCUT2D eigenvalue weighted by molar-refractivity contribution is -0.137. The van der Waals surface area contributed by atoms with E-state index >= 15 is 0 Å². The smallest absolute Gasteiger partial charge is 0.269 e. The Morgan fingerprint density at radius 1 is 1.37 bits per heavy atom. The molecule has 0 fully saturated rings. The quantitative estimate of drug-likeness (QED) is 0.677. The van der Waals surface area contributed by atoms with Crippen molar-refractivity contribution in [1.29, 1.82) is 0 Å². The van der Waals surface area contributed by atoms with Gasteiger partial charge in [-0.3, -0.25) is 9.67 Å². The van der Waals surface area contributed by atoms with Crippen molar-refractivity contribution >= 4 is 12.2 Å². The fraction of sp³-hybridized carbons (Fsp3) is 0.273. The Bertz CT molecular complexity index is 657. The van der Waals surface area contributed by atoms with Crippen LogP contribution < -0.4 is 0 Å². The lowest BCUT2D eigenvalue weighted by atomic mass is 10.2. The van der Waals surface area contributed by atoms with Crippen LogP contribution in [0.5, 0.6) is 0 Å². The number of nitrogens with one attached hydrogen (secondary N) is 1. The zero-order valence-electron chi connectivity index (χ0n) is 9.75. The zero-order valence-corrected chi connectivity index (χ0v) is 10.6. The van der Waals surface area contributed by atoms with Gasteiger partial charge in [0.25, 0.3) is 0 Å². The third-order valence-electron chi connectivity index (χ3n) is 2.57. The van der Waals surface area contributed by atoms with Crippen molar-refractivity contribution in [2.75, 3.05) is 0 Å². The Morgan fingerprint density at radius 2 is 2.05 bits per heavy atom. The molecule has 0 aliphatic rings. The van der Waals surface area contributed by atoms with Crippen LogP contribution in [0.15, 0.2) is 18.2 Å². The van der Waals surface area contributed by atoms with E-state index in [1.165, 1.54) is 4.57 Å². The summed E-state index contributed by atoms with van der Waals surface area (Å²) in [6.45, 7) is 1.74. The molecule has 0 saturated heterocycles. The largest absolute Gasteiger partial charge is 0.416 e. The molecular formula is C11H9F4N3S. The average Bonchev–Trinajstić information content (AvgIpc) is 2.69. The summed E-state index contributed by atoms with van der Waals surface area (Å²) in [4.78, 5) is 0. The number of H-pyrrole nitrogens is 1. The molecule has 1 aromatic carbocycles. The molecule has 102 valence electrons. The van der Waals surface area contributed by atoms with Crippen molar-refractivity contribution in [3.63, 3.8) is 0 Å². The summed E-state index contributed by atoms with van der Waals surface area (Å²) in [5.74, 6) is -0.427. The van der Waals surface area contributed by atoms with Crippen LogP contribution in [0.4, 0.5) is 17.6 Å².